The third-order valence-electron chi connectivity index (χ3n) is 2.85. The number of hydrogen-bond acceptors (Lipinski definition) is 5. The van der Waals surface area contributed by atoms with Gasteiger partial charge in [0.2, 0.25) is 0 Å². The molecule has 0 aliphatic carbocycles. The van der Waals surface area contributed by atoms with Gasteiger partial charge in [0.1, 0.15) is 11.5 Å². The minimum Gasteiger partial charge on any atom is -0.496 e. The Morgan fingerprint density at radius 3 is 2.05 bits per heavy atom. The number of hydrogen-bond donors (Lipinski definition) is 0. The van der Waals surface area contributed by atoms with Gasteiger partial charge >= 0.3 is 15.6 Å². The smallest absolute Gasteiger partial charge is 0.496 e. The van der Waals surface area contributed by atoms with Crippen LogP contribution in [-0.4, -0.2) is 28.1 Å². The minimum absolute atomic E-state index is 0.0668. The number of rotatable bonds is 4. The summed E-state index contributed by atoms with van der Waals surface area (Å²) < 4.78 is 74.2. The van der Waals surface area contributed by atoms with Gasteiger partial charge in [-0.25, -0.2) is 0 Å². The molecule has 2 aromatic carbocycles. The Hall–Kier alpha value is -2.16. The SMILES string of the molecule is COc1ccc(OC)c2c(OS(=O)(=O)C(F)(F)F)cccc12. The molecule has 9 heteroatoms. The Kier molecular flexibility index (Phi) is 4.10. The summed E-state index contributed by atoms with van der Waals surface area (Å²) >= 11 is 0. The van der Waals surface area contributed by atoms with Crippen molar-refractivity contribution in [3.05, 3.63) is 30.3 Å². The number of halogens is 3. The van der Waals surface area contributed by atoms with Crippen molar-refractivity contribution < 1.29 is 35.2 Å². The van der Waals surface area contributed by atoms with Crippen LogP contribution >= 0.6 is 0 Å². The maximum Gasteiger partial charge on any atom is 0.534 e. The molecule has 2 rings (SSSR count). The second-order valence-corrected chi connectivity index (χ2v) is 5.67. The van der Waals surface area contributed by atoms with Crippen molar-refractivity contribution in [2.75, 3.05) is 14.2 Å². The zero-order chi connectivity index (χ0) is 16.5. The fraction of sp³-hybridized carbons (Fsp3) is 0.231. The van der Waals surface area contributed by atoms with Crippen LogP contribution in [-0.2, 0) is 10.1 Å². The van der Waals surface area contributed by atoms with Crippen molar-refractivity contribution >= 4 is 20.9 Å². The van der Waals surface area contributed by atoms with E-state index in [-0.39, 0.29) is 11.1 Å². The zero-order valence-electron chi connectivity index (χ0n) is 11.5. The highest BCUT2D eigenvalue weighted by molar-refractivity contribution is 7.88. The fourth-order valence-corrected chi connectivity index (χ4v) is 2.37. The van der Waals surface area contributed by atoms with Crippen LogP contribution in [0.1, 0.15) is 0 Å². The number of fused-ring (bicyclic) bond motifs is 1. The normalized spacial score (nSPS) is 12.2. The second-order valence-electron chi connectivity index (χ2n) is 4.13. The van der Waals surface area contributed by atoms with E-state index in [0.29, 0.717) is 11.1 Å². The predicted molar refractivity (Wildman–Crippen MR) is 72.7 cm³/mol. The molecule has 0 atom stereocenters. The van der Waals surface area contributed by atoms with E-state index < -0.39 is 21.4 Å². The van der Waals surface area contributed by atoms with E-state index in [9.17, 15) is 21.6 Å². The molecule has 0 N–H and O–H groups in total. The average molecular weight is 336 g/mol. The van der Waals surface area contributed by atoms with Crippen molar-refractivity contribution in [2.24, 2.45) is 0 Å². The first-order valence-corrected chi connectivity index (χ1v) is 7.26. The van der Waals surface area contributed by atoms with Gasteiger partial charge in [0.05, 0.1) is 19.6 Å². The van der Waals surface area contributed by atoms with Gasteiger partial charge in [-0.15, -0.1) is 0 Å². The minimum atomic E-state index is -5.78. The van der Waals surface area contributed by atoms with Crippen LogP contribution in [0.25, 0.3) is 10.8 Å². The van der Waals surface area contributed by atoms with E-state index in [1.165, 1.54) is 26.4 Å². The van der Waals surface area contributed by atoms with Crippen LogP contribution < -0.4 is 13.7 Å². The number of methoxy groups -OCH3 is 2. The second kappa shape index (κ2) is 5.56. The van der Waals surface area contributed by atoms with Gasteiger partial charge < -0.3 is 13.7 Å². The van der Waals surface area contributed by atoms with Gasteiger partial charge in [0, 0.05) is 5.39 Å². The maximum absolute atomic E-state index is 12.5. The Balaban J connectivity index is 2.70. The maximum atomic E-state index is 12.5. The van der Waals surface area contributed by atoms with Gasteiger partial charge in [-0.3, -0.25) is 0 Å². The van der Waals surface area contributed by atoms with Gasteiger partial charge in [-0.05, 0) is 18.2 Å². The molecule has 0 fully saturated rings. The van der Waals surface area contributed by atoms with E-state index >= 15 is 0 Å². The molecule has 0 heterocycles. The fourth-order valence-electron chi connectivity index (χ4n) is 1.90. The first-order valence-electron chi connectivity index (χ1n) is 5.85. The molecule has 0 bridgehead atoms. The lowest BCUT2D eigenvalue weighted by Crippen LogP contribution is -2.28. The molecule has 0 spiro atoms. The van der Waals surface area contributed by atoms with Crippen molar-refractivity contribution in [1.29, 1.82) is 0 Å². The van der Waals surface area contributed by atoms with Crippen molar-refractivity contribution in [3.63, 3.8) is 0 Å². The summed E-state index contributed by atoms with van der Waals surface area (Å²) in [4.78, 5) is 0. The third-order valence-corrected chi connectivity index (χ3v) is 3.81. The molecule has 0 radical (unpaired) electrons. The molecule has 0 unspecified atom stereocenters. The Bertz CT molecular complexity index is 799. The highest BCUT2D eigenvalue weighted by Gasteiger charge is 2.48. The van der Waals surface area contributed by atoms with E-state index in [2.05, 4.69) is 4.18 Å². The largest absolute Gasteiger partial charge is 0.534 e. The van der Waals surface area contributed by atoms with E-state index in [1.54, 1.807) is 12.1 Å². The molecule has 0 saturated heterocycles. The van der Waals surface area contributed by atoms with Crippen LogP contribution in [0.4, 0.5) is 13.2 Å². The Morgan fingerprint density at radius 2 is 1.50 bits per heavy atom. The van der Waals surface area contributed by atoms with Gasteiger partial charge in [-0.2, -0.15) is 21.6 Å². The summed E-state index contributed by atoms with van der Waals surface area (Å²) in [5.41, 5.74) is -5.53. The molecule has 0 saturated carbocycles. The van der Waals surface area contributed by atoms with E-state index in [1.807, 2.05) is 0 Å². The summed E-state index contributed by atoms with van der Waals surface area (Å²) in [7, 11) is -3.11. The summed E-state index contributed by atoms with van der Waals surface area (Å²) in [6, 6.07) is 6.99. The lowest BCUT2D eigenvalue weighted by atomic mass is 10.1. The molecule has 22 heavy (non-hydrogen) atoms. The van der Waals surface area contributed by atoms with Crippen LogP contribution in [0.2, 0.25) is 0 Å². The Morgan fingerprint density at radius 1 is 0.909 bits per heavy atom. The molecule has 0 aliphatic rings. The van der Waals surface area contributed by atoms with Gasteiger partial charge in [0.25, 0.3) is 0 Å². The standard InChI is InChI=1S/C13H11F3O5S/c1-19-9-6-7-10(20-2)12-8(9)4-3-5-11(12)21-22(17,18)13(14,15)16/h3-7H,1-2H3. The van der Waals surface area contributed by atoms with Crippen LogP contribution in [0.15, 0.2) is 30.3 Å². The number of ether oxygens (including phenoxy) is 2. The highest BCUT2D eigenvalue weighted by atomic mass is 32.2. The molecular weight excluding hydrogens is 325 g/mol. The first-order chi connectivity index (χ1) is 10.2. The lowest BCUT2D eigenvalue weighted by Gasteiger charge is -2.15. The predicted octanol–water partition coefficient (Wildman–Crippen LogP) is 3.09. The van der Waals surface area contributed by atoms with Crippen LogP contribution in [0.5, 0.6) is 17.2 Å². The molecule has 5 nitrogen and oxygen atoms in total. The molecule has 2 aromatic rings. The molecular formula is C13H11F3O5S. The first kappa shape index (κ1) is 16.2. The molecule has 120 valence electrons. The lowest BCUT2D eigenvalue weighted by molar-refractivity contribution is -0.0499. The number of alkyl halides is 3. The van der Waals surface area contributed by atoms with Crippen LogP contribution in [0, 0.1) is 0 Å². The number of benzene rings is 2. The van der Waals surface area contributed by atoms with E-state index in [4.69, 9.17) is 9.47 Å². The van der Waals surface area contributed by atoms with Crippen molar-refractivity contribution in [1.82, 2.24) is 0 Å². The highest BCUT2D eigenvalue weighted by Crippen LogP contribution is 2.40. The summed E-state index contributed by atoms with van der Waals surface area (Å²) in [5, 5.41) is 0.425. The average Bonchev–Trinajstić information content (AvgIpc) is 2.44. The Labute approximate surface area is 124 Å². The topological polar surface area (TPSA) is 61.8 Å². The molecule has 0 aliphatic heterocycles. The summed E-state index contributed by atoms with van der Waals surface area (Å²) in [5.74, 6) is 0.00000567. The summed E-state index contributed by atoms with van der Waals surface area (Å²) in [6.45, 7) is 0. The quantitative estimate of drug-likeness (QED) is 0.634. The van der Waals surface area contributed by atoms with Crippen molar-refractivity contribution in [3.8, 4) is 17.2 Å². The molecule has 0 amide bonds. The summed E-state index contributed by atoms with van der Waals surface area (Å²) in [6.07, 6.45) is 0. The zero-order valence-corrected chi connectivity index (χ0v) is 12.3. The monoisotopic (exact) mass is 336 g/mol. The molecule has 0 aromatic heterocycles. The van der Waals surface area contributed by atoms with E-state index in [0.717, 1.165) is 6.07 Å². The van der Waals surface area contributed by atoms with Crippen LogP contribution in [0.3, 0.4) is 0 Å². The third kappa shape index (κ3) is 2.76. The van der Waals surface area contributed by atoms with Gasteiger partial charge in [0.15, 0.2) is 5.75 Å². The van der Waals surface area contributed by atoms with Gasteiger partial charge in [-0.1, -0.05) is 12.1 Å². The van der Waals surface area contributed by atoms with Crippen molar-refractivity contribution in [2.45, 2.75) is 5.51 Å².